The van der Waals surface area contributed by atoms with Crippen molar-refractivity contribution in [1.82, 2.24) is 4.57 Å². The molecule has 4 rings (SSSR count). The van der Waals surface area contributed by atoms with Crippen LogP contribution < -0.4 is 0 Å². The summed E-state index contributed by atoms with van der Waals surface area (Å²) in [6.07, 6.45) is -4.47. The standard InChI is InChI=1S/C25H19F3N2O3/c1-14-11-17(24(32)15(2)29-33-16(3)31)12-21-20-9-4-5-10-22(20)30(23(14)21)19-8-6-7-18(13-19)25(26,27)28/h4-13H,1-3H3. The lowest BCUT2D eigenvalue weighted by Crippen LogP contribution is -2.12. The molecule has 5 nitrogen and oxygen atoms in total. The van der Waals surface area contributed by atoms with Gasteiger partial charge in [-0.3, -0.25) is 4.79 Å². The molecule has 33 heavy (non-hydrogen) atoms. The molecule has 1 aromatic heterocycles. The number of hydrogen-bond acceptors (Lipinski definition) is 4. The largest absolute Gasteiger partial charge is 0.416 e. The van der Waals surface area contributed by atoms with Crippen LogP contribution in [0.3, 0.4) is 0 Å². The van der Waals surface area contributed by atoms with Gasteiger partial charge in [0, 0.05) is 28.9 Å². The molecular weight excluding hydrogens is 433 g/mol. The van der Waals surface area contributed by atoms with Crippen LogP contribution in [0.5, 0.6) is 0 Å². The Morgan fingerprint density at radius 3 is 2.36 bits per heavy atom. The van der Waals surface area contributed by atoms with Crippen molar-refractivity contribution in [2.24, 2.45) is 5.16 Å². The molecule has 1 heterocycles. The first-order valence-electron chi connectivity index (χ1n) is 10.1. The van der Waals surface area contributed by atoms with Gasteiger partial charge >= 0.3 is 12.1 Å². The number of nitrogens with zero attached hydrogens (tertiary/aromatic N) is 2. The van der Waals surface area contributed by atoms with Gasteiger partial charge in [0.1, 0.15) is 5.71 Å². The summed E-state index contributed by atoms with van der Waals surface area (Å²) in [6, 6.07) is 15.8. The fraction of sp³-hybridized carbons (Fsp3) is 0.160. The van der Waals surface area contributed by atoms with Crippen LogP contribution in [0.25, 0.3) is 27.5 Å². The smallest absolute Gasteiger partial charge is 0.318 e. The lowest BCUT2D eigenvalue weighted by atomic mass is 10.0. The van der Waals surface area contributed by atoms with Gasteiger partial charge in [-0.2, -0.15) is 13.2 Å². The summed E-state index contributed by atoms with van der Waals surface area (Å²) in [6.45, 7) is 4.41. The zero-order chi connectivity index (χ0) is 23.9. The van der Waals surface area contributed by atoms with Gasteiger partial charge in [-0.1, -0.05) is 29.4 Å². The van der Waals surface area contributed by atoms with E-state index in [0.29, 0.717) is 33.2 Å². The van der Waals surface area contributed by atoms with E-state index in [9.17, 15) is 22.8 Å². The zero-order valence-electron chi connectivity index (χ0n) is 18.0. The number of halogens is 3. The normalized spacial score (nSPS) is 12.4. The number of fused-ring (bicyclic) bond motifs is 3. The van der Waals surface area contributed by atoms with Crippen molar-refractivity contribution in [3.05, 3.63) is 77.4 Å². The highest BCUT2D eigenvalue weighted by molar-refractivity contribution is 6.45. The highest BCUT2D eigenvalue weighted by atomic mass is 19.4. The minimum Gasteiger partial charge on any atom is -0.318 e. The van der Waals surface area contributed by atoms with Gasteiger partial charge in [-0.05, 0) is 55.8 Å². The quantitative estimate of drug-likeness (QED) is 0.160. The van der Waals surface area contributed by atoms with Crippen LogP contribution in [-0.2, 0) is 15.8 Å². The first kappa shape index (κ1) is 22.3. The number of alkyl halides is 3. The van der Waals surface area contributed by atoms with Crippen molar-refractivity contribution in [3.8, 4) is 5.69 Å². The van der Waals surface area contributed by atoms with Gasteiger partial charge in [-0.25, -0.2) is 4.79 Å². The molecule has 8 heteroatoms. The number of Topliss-reactive ketones (excluding diaryl/α,β-unsaturated/α-hetero) is 1. The van der Waals surface area contributed by atoms with Crippen molar-refractivity contribution >= 4 is 39.3 Å². The molecule has 0 saturated carbocycles. The molecule has 168 valence electrons. The van der Waals surface area contributed by atoms with E-state index in [-0.39, 0.29) is 5.71 Å². The van der Waals surface area contributed by atoms with Gasteiger partial charge in [0.05, 0.1) is 16.6 Å². The van der Waals surface area contributed by atoms with Crippen molar-refractivity contribution in [1.29, 1.82) is 0 Å². The maximum atomic E-state index is 13.4. The number of hydrogen-bond donors (Lipinski definition) is 0. The molecule has 0 saturated heterocycles. The van der Waals surface area contributed by atoms with Crippen LogP contribution >= 0.6 is 0 Å². The van der Waals surface area contributed by atoms with E-state index in [2.05, 4.69) is 9.99 Å². The maximum absolute atomic E-state index is 13.4. The minimum absolute atomic E-state index is 0.00515. The SMILES string of the molecule is CC(=O)ON=C(C)C(=O)c1cc(C)c2c(c1)c1ccccc1n2-c1cccc(C(F)(F)F)c1. The van der Waals surface area contributed by atoms with Crippen LogP contribution in [0.15, 0.2) is 65.8 Å². The fourth-order valence-corrected chi connectivity index (χ4v) is 3.90. The molecule has 0 aliphatic carbocycles. The topological polar surface area (TPSA) is 60.7 Å². The van der Waals surface area contributed by atoms with Gasteiger partial charge in [0.15, 0.2) is 0 Å². The Morgan fingerprint density at radius 2 is 1.67 bits per heavy atom. The summed E-state index contributed by atoms with van der Waals surface area (Å²) in [7, 11) is 0. The Morgan fingerprint density at radius 1 is 0.939 bits per heavy atom. The molecule has 0 spiro atoms. The van der Waals surface area contributed by atoms with E-state index in [1.807, 2.05) is 24.3 Å². The fourth-order valence-electron chi connectivity index (χ4n) is 3.90. The van der Waals surface area contributed by atoms with Crippen LogP contribution in [0.4, 0.5) is 13.2 Å². The maximum Gasteiger partial charge on any atom is 0.416 e. The van der Waals surface area contributed by atoms with E-state index in [1.54, 1.807) is 29.7 Å². The average Bonchev–Trinajstić information content (AvgIpc) is 3.11. The Hall–Kier alpha value is -3.94. The van der Waals surface area contributed by atoms with Crippen LogP contribution in [0.1, 0.15) is 35.3 Å². The zero-order valence-corrected chi connectivity index (χ0v) is 18.0. The molecule has 0 N–H and O–H groups in total. The van der Waals surface area contributed by atoms with E-state index >= 15 is 0 Å². The van der Waals surface area contributed by atoms with E-state index in [4.69, 9.17) is 0 Å². The van der Waals surface area contributed by atoms with Crippen LogP contribution in [0, 0.1) is 6.92 Å². The number of oxime groups is 1. The van der Waals surface area contributed by atoms with Crippen LogP contribution in [-0.4, -0.2) is 22.0 Å². The third-order valence-corrected chi connectivity index (χ3v) is 5.29. The highest BCUT2D eigenvalue weighted by Crippen LogP contribution is 2.37. The second kappa shape index (κ2) is 8.20. The molecule has 0 fully saturated rings. The minimum atomic E-state index is -4.47. The van der Waals surface area contributed by atoms with E-state index < -0.39 is 23.5 Å². The first-order chi connectivity index (χ1) is 15.6. The number of para-hydroxylation sites is 1. The number of ketones is 1. The van der Waals surface area contributed by atoms with Crippen molar-refractivity contribution < 1.29 is 27.6 Å². The summed E-state index contributed by atoms with van der Waals surface area (Å²) >= 11 is 0. The molecule has 0 amide bonds. The number of carbonyl (C=O) groups excluding carboxylic acids is 2. The Bertz CT molecular complexity index is 1450. The van der Waals surface area contributed by atoms with Gasteiger partial charge in [-0.15, -0.1) is 0 Å². The monoisotopic (exact) mass is 452 g/mol. The number of aryl methyl sites for hydroxylation is 1. The van der Waals surface area contributed by atoms with E-state index in [1.165, 1.54) is 19.9 Å². The molecule has 0 aliphatic heterocycles. The predicted octanol–water partition coefficient (Wildman–Crippen LogP) is 6.23. The summed E-state index contributed by atoms with van der Waals surface area (Å²) in [5, 5.41) is 5.07. The number of rotatable bonds is 4. The first-order valence-corrected chi connectivity index (χ1v) is 10.1. The average molecular weight is 452 g/mol. The summed E-state index contributed by atoms with van der Waals surface area (Å²) in [4.78, 5) is 28.4. The lowest BCUT2D eigenvalue weighted by molar-refractivity contribution is -0.141. The van der Waals surface area contributed by atoms with Gasteiger partial charge in [0.2, 0.25) is 5.78 Å². The molecule has 0 bridgehead atoms. The number of aromatic nitrogens is 1. The van der Waals surface area contributed by atoms with Crippen LogP contribution in [0.2, 0.25) is 0 Å². The number of carbonyl (C=O) groups is 2. The van der Waals surface area contributed by atoms with Crippen molar-refractivity contribution in [3.63, 3.8) is 0 Å². The Balaban J connectivity index is 1.96. The molecule has 4 aromatic rings. The molecular formula is C25H19F3N2O3. The Labute approximate surface area is 187 Å². The summed E-state index contributed by atoms with van der Waals surface area (Å²) < 4.78 is 41.8. The predicted molar refractivity (Wildman–Crippen MR) is 120 cm³/mol. The second-order valence-corrected chi connectivity index (χ2v) is 7.68. The second-order valence-electron chi connectivity index (χ2n) is 7.68. The van der Waals surface area contributed by atoms with Gasteiger partial charge in [0.25, 0.3) is 0 Å². The summed E-state index contributed by atoms with van der Waals surface area (Å²) in [5.74, 6) is -1.06. The molecule has 0 aliphatic rings. The molecule has 0 atom stereocenters. The molecule has 0 radical (unpaired) electrons. The molecule has 0 unspecified atom stereocenters. The van der Waals surface area contributed by atoms with Crippen molar-refractivity contribution in [2.75, 3.05) is 0 Å². The summed E-state index contributed by atoms with van der Waals surface area (Å²) in [5.41, 5.74) is 2.07. The third-order valence-electron chi connectivity index (χ3n) is 5.29. The third kappa shape index (κ3) is 4.11. The number of benzene rings is 3. The molecule has 3 aromatic carbocycles. The van der Waals surface area contributed by atoms with Crippen molar-refractivity contribution in [2.45, 2.75) is 26.9 Å². The Kier molecular flexibility index (Phi) is 5.53. The lowest BCUT2D eigenvalue weighted by Gasteiger charge is -2.13. The van der Waals surface area contributed by atoms with E-state index in [0.717, 1.165) is 17.5 Å². The van der Waals surface area contributed by atoms with Gasteiger partial charge < -0.3 is 9.40 Å². The highest BCUT2D eigenvalue weighted by Gasteiger charge is 2.31.